The van der Waals surface area contributed by atoms with Crippen LogP contribution in [0.15, 0.2) is 29.6 Å². The molecule has 2 amide bonds. The van der Waals surface area contributed by atoms with Crippen molar-refractivity contribution in [2.24, 2.45) is 0 Å². The third-order valence-electron chi connectivity index (χ3n) is 2.94. The minimum Gasteiger partial charge on any atom is -0.354 e. The summed E-state index contributed by atoms with van der Waals surface area (Å²) in [6.45, 7) is 3.84. The molecule has 0 spiro atoms. The van der Waals surface area contributed by atoms with E-state index in [2.05, 4.69) is 15.6 Å². The highest BCUT2D eigenvalue weighted by Crippen LogP contribution is 2.18. The molecule has 122 valence electrons. The molecule has 2 N–H and O–H groups in total. The molecule has 0 aliphatic heterocycles. The smallest absolute Gasteiger partial charge is 0.257 e. The lowest BCUT2D eigenvalue weighted by Gasteiger charge is -2.06. The summed E-state index contributed by atoms with van der Waals surface area (Å²) in [4.78, 5) is 28.0. The van der Waals surface area contributed by atoms with Crippen LogP contribution in [0.4, 0.5) is 5.13 Å². The van der Waals surface area contributed by atoms with E-state index in [1.165, 1.54) is 11.3 Å². The Labute approximate surface area is 144 Å². The van der Waals surface area contributed by atoms with E-state index in [-0.39, 0.29) is 17.9 Å². The van der Waals surface area contributed by atoms with Crippen LogP contribution in [0.1, 0.15) is 36.3 Å². The van der Waals surface area contributed by atoms with Crippen molar-refractivity contribution in [1.29, 1.82) is 0 Å². The molecule has 0 saturated heterocycles. The largest absolute Gasteiger partial charge is 0.354 e. The predicted molar refractivity (Wildman–Crippen MR) is 93.1 cm³/mol. The van der Waals surface area contributed by atoms with Crippen molar-refractivity contribution in [2.45, 2.75) is 32.7 Å². The summed E-state index contributed by atoms with van der Waals surface area (Å²) < 4.78 is 0. The van der Waals surface area contributed by atoms with Gasteiger partial charge in [0.15, 0.2) is 5.13 Å². The average Bonchev–Trinajstić information content (AvgIpc) is 2.92. The fourth-order valence-corrected chi connectivity index (χ4v) is 2.75. The maximum absolute atomic E-state index is 12.1. The highest BCUT2D eigenvalue weighted by molar-refractivity contribution is 7.14. The molecule has 0 unspecified atom stereocenters. The van der Waals surface area contributed by atoms with Crippen LogP contribution in [0.25, 0.3) is 0 Å². The number of rotatable bonds is 6. The van der Waals surface area contributed by atoms with Crippen LogP contribution in [-0.4, -0.2) is 22.8 Å². The number of nitrogens with one attached hydrogen (secondary N) is 2. The minimum absolute atomic E-state index is 0.000232. The number of hydrogen-bond donors (Lipinski definition) is 2. The molecule has 2 aromatic rings. The second kappa shape index (κ2) is 8.08. The Hall–Kier alpha value is -1.92. The van der Waals surface area contributed by atoms with Gasteiger partial charge in [0.2, 0.25) is 5.91 Å². The first-order valence-electron chi connectivity index (χ1n) is 7.24. The zero-order valence-electron chi connectivity index (χ0n) is 12.9. The number of carbonyl (C=O) groups is 2. The van der Waals surface area contributed by atoms with E-state index in [1.54, 1.807) is 24.3 Å². The SMILES string of the molecule is CC(C)NC(=O)CCc1csc(NC(=O)c2ccc(Cl)cc2)n1. The molecule has 7 heteroatoms. The molecule has 2 rings (SSSR count). The van der Waals surface area contributed by atoms with E-state index in [9.17, 15) is 9.59 Å². The number of aromatic nitrogens is 1. The lowest BCUT2D eigenvalue weighted by molar-refractivity contribution is -0.121. The standard InChI is InChI=1S/C16H18ClN3O2S/c1-10(2)18-14(21)8-7-13-9-23-16(19-13)20-15(22)11-3-5-12(17)6-4-11/h3-6,9-10H,7-8H2,1-2H3,(H,18,21)(H,19,20,22). The molecule has 0 atom stereocenters. The number of amides is 2. The average molecular weight is 352 g/mol. The van der Waals surface area contributed by atoms with Crippen LogP contribution >= 0.6 is 22.9 Å². The molecule has 0 saturated carbocycles. The van der Waals surface area contributed by atoms with Crippen LogP contribution in [0.5, 0.6) is 0 Å². The van der Waals surface area contributed by atoms with Gasteiger partial charge in [-0.25, -0.2) is 4.98 Å². The zero-order chi connectivity index (χ0) is 16.8. The van der Waals surface area contributed by atoms with Crippen LogP contribution in [0.3, 0.4) is 0 Å². The van der Waals surface area contributed by atoms with Gasteiger partial charge >= 0.3 is 0 Å². The summed E-state index contributed by atoms with van der Waals surface area (Å²) in [5.74, 6) is -0.236. The first-order valence-corrected chi connectivity index (χ1v) is 8.50. The molecular weight excluding hydrogens is 334 g/mol. The van der Waals surface area contributed by atoms with E-state index in [1.807, 2.05) is 19.2 Å². The van der Waals surface area contributed by atoms with Gasteiger partial charge in [-0.3, -0.25) is 14.9 Å². The van der Waals surface area contributed by atoms with Gasteiger partial charge < -0.3 is 5.32 Å². The molecule has 1 aromatic heterocycles. The Kier molecular flexibility index (Phi) is 6.12. The third kappa shape index (κ3) is 5.65. The number of benzene rings is 1. The molecule has 23 heavy (non-hydrogen) atoms. The summed E-state index contributed by atoms with van der Waals surface area (Å²) in [6, 6.07) is 6.77. The molecule has 0 fully saturated rings. The van der Waals surface area contributed by atoms with E-state index < -0.39 is 0 Å². The number of carbonyl (C=O) groups excluding carboxylic acids is 2. The topological polar surface area (TPSA) is 71.1 Å². The maximum Gasteiger partial charge on any atom is 0.257 e. The quantitative estimate of drug-likeness (QED) is 0.836. The highest BCUT2D eigenvalue weighted by atomic mass is 35.5. The minimum atomic E-state index is -0.236. The zero-order valence-corrected chi connectivity index (χ0v) is 14.5. The predicted octanol–water partition coefficient (Wildman–Crippen LogP) is 3.51. The molecule has 1 aromatic carbocycles. The van der Waals surface area contributed by atoms with Crippen molar-refractivity contribution in [3.05, 3.63) is 45.9 Å². The van der Waals surface area contributed by atoms with Crippen molar-refractivity contribution < 1.29 is 9.59 Å². The van der Waals surface area contributed by atoms with Crippen molar-refractivity contribution in [1.82, 2.24) is 10.3 Å². The highest BCUT2D eigenvalue weighted by Gasteiger charge is 2.10. The second-order valence-corrected chi connectivity index (χ2v) is 6.62. The second-order valence-electron chi connectivity index (χ2n) is 5.33. The van der Waals surface area contributed by atoms with Gasteiger partial charge in [0.1, 0.15) is 0 Å². The van der Waals surface area contributed by atoms with E-state index in [4.69, 9.17) is 11.6 Å². The van der Waals surface area contributed by atoms with Crippen molar-refractivity contribution in [3.63, 3.8) is 0 Å². The summed E-state index contributed by atoms with van der Waals surface area (Å²) in [5, 5.41) is 8.52. The molecule has 5 nitrogen and oxygen atoms in total. The number of hydrogen-bond acceptors (Lipinski definition) is 4. The summed E-state index contributed by atoms with van der Waals surface area (Å²) in [7, 11) is 0. The van der Waals surface area contributed by atoms with Gasteiger partial charge in [0, 0.05) is 28.4 Å². The van der Waals surface area contributed by atoms with E-state index >= 15 is 0 Å². The Balaban J connectivity index is 1.88. The summed E-state index contributed by atoms with van der Waals surface area (Å²) in [6.07, 6.45) is 0.929. The Morgan fingerprint density at radius 3 is 2.61 bits per heavy atom. The monoisotopic (exact) mass is 351 g/mol. The summed E-state index contributed by atoms with van der Waals surface area (Å²) >= 11 is 7.14. The Morgan fingerprint density at radius 2 is 1.96 bits per heavy atom. The fraction of sp³-hybridized carbons (Fsp3) is 0.312. The van der Waals surface area contributed by atoms with Gasteiger partial charge in [0.25, 0.3) is 5.91 Å². The van der Waals surface area contributed by atoms with Crippen LogP contribution < -0.4 is 10.6 Å². The molecule has 0 aliphatic rings. The number of aryl methyl sites for hydroxylation is 1. The van der Waals surface area contributed by atoms with Crippen molar-refractivity contribution in [2.75, 3.05) is 5.32 Å². The van der Waals surface area contributed by atoms with Crippen molar-refractivity contribution >= 4 is 39.9 Å². The normalized spacial score (nSPS) is 10.6. The van der Waals surface area contributed by atoms with Crippen LogP contribution in [0.2, 0.25) is 5.02 Å². The molecule has 0 bridgehead atoms. The number of halogens is 1. The van der Waals surface area contributed by atoms with Gasteiger partial charge in [-0.2, -0.15) is 0 Å². The van der Waals surface area contributed by atoms with Crippen LogP contribution in [0, 0.1) is 0 Å². The first kappa shape index (κ1) is 17.4. The van der Waals surface area contributed by atoms with Gasteiger partial charge in [-0.05, 0) is 44.5 Å². The molecule has 0 radical (unpaired) electrons. The number of thiazole rings is 1. The van der Waals surface area contributed by atoms with Gasteiger partial charge in [0.05, 0.1) is 5.69 Å². The van der Waals surface area contributed by atoms with Gasteiger partial charge in [-0.15, -0.1) is 11.3 Å². The number of nitrogens with zero attached hydrogens (tertiary/aromatic N) is 1. The molecular formula is C16H18ClN3O2S. The lowest BCUT2D eigenvalue weighted by Crippen LogP contribution is -2.30. The van der Waals surface area contributed by atoms with E-state index in [0.29, 0.717) is 28.6 Å². The molecule has 0 aliphatic carbocycles. The Morgan fingerprint density at radius 1 is 1.26 bits per heavy atom. The van der Waals surface area contributed by atoms with Crippen molar-refractivity contribution in [3.8, 4) is 0 Å². The fourth-order valence-electron chi connectivity index (χ4n) is 1.89. The van der Waals surface area contributed by atoms with Gasteiger partial charge in [-0.1, -0.05) is 11.6 Å². The molecule has 1 heterocycles. The summed E-state index contributed by atoms with van der Waals surface area (Å²) in [5.41, 5.74) is 1.31. The third-order valence-corrected chi connectivity index (χ3v) is 3.99. The lowest BCUT2D eigenvalue weighted by atomic mass is 10.2. The van der Waals surface area contributed by atoms with E-state index in [0.717, 1.165) is 5.69 Å². The number of anilines is 1. The first-order chi connectivity index (χ1) is 10.9. The van der Waals surface area contributed by atoms with Crippen LogP contribution in [-0.2, 0) is 11.2 Å². The Bertz CT molecular complexity index is 683. The maximum atomic E-state index is 12.1.